The van der Waals surface area contributed by atoms with Crippen LogP contribution in [-0.2, 0) is 17.8 Å². The van der Waals surface area contributed by atoms with Gasteiger partial charge in [-0.15, -0.1) is 0 Å². The minimum atomic E-state index is -0.0230. The lowest BCUT2D eigenvalue weighted by atomic mass is 10.1. The number of hydrogen-bond acceptors (Lipinski definition) is 4. The summed E-state index contributed by atoms with van der Waals surface area (Å²) in [5.41, 5.74) is 3.29. The van der Waals surface area contributed by atoms with Crippen molar-refractivity contribution in [3.05, 3.63) is 33.4 Å². The first-order chi connectivity index (χ1) is 12.9. The van der Waals surface area contributed by atoms with Gasteiger partial charge in [0.25, 0.3) is 5.56 Å². The summed E-state index contributed by atoms with van der Waals surface area (Å²) < 4.78 is 1.57. The maximum Gasteiger partial charge on any atom is 0.276 e. The van der Waals surface area contributed by atoms with Crippen molar-refractivity contribution in [2.45, 2.75) is 65.6 Å². The molecule has 0 saturated carbocycles. The number of rotatable bonds is 3. The van der Waals surface area contributed by atoms with Gasteiger partial charge in [-0.3, -0.25) is 19.6 Å². The lowest BCUT2D eigenvalue weighted by molar-refractivity contribution is -0.135. The topological polar surface area (TPSA) is 73.7 Å². The third-order valence-corrected chi connectivity index (χ3v) is 5.93. The van der Waals surface area contributed by atoms with Gasteiger partial charge in [0, 0.05) is 43.2 Å². The summed E-state index contributed by atoms with van der Waals surface area (Å²) in [6.45, 7) is 10.6. The van der Waals surface area contributed by atoms with E-state index in [1.165, 1.54) is 0 Å². The number of carbonyl (C=O) groups is 1. The summed E-state index contributed by atoms with van der Waals surface area (Å²) in [7, 11) is 0. The van der Waals surface area contributed by atoms with Gasteiger partial charge in [0.05, 0.1) is 17.4 Å². The normalized spacial score (nSPS) is 20.8. The second kappa shape index (κ2) is 6.78. The molecule has 7 heteroatoms. The van der Waals surface area contributed by atoms with Crippen molar-refractivity contribution >= 4 is 11.6 Å². The molecule has 2 aromatic rings. The number of hydrogen-bond donors (Lipinski definition) is 1. The predicted molar refractivity (Wildman–Crippen MR) is 104 cm³/mol. The van der Waals surface area contributed by atoms with Gasteiger partial charge >= 0.3 is 0 Å². The van der Waals surface area contributed by atoms with E-state index in [9.17, 15) is 9.59 Å². The molecule has 1 N–H and O–H groups in total. The predicted octanol–water partition coefficient (Wildman–Crippen LogP) is 2.11. The Labute approximate surface area is 159 Å². The summed E-state index contributed by atoms with van der Waals surface area (Å²) >= 11 is 0. The van der Waals surface area contributed by atoms with Crippen molar-refractivity contribution in [3.63, 3.8) is 0 Å². The van der Waals surface area contributed by atoms with Crippen LogP contribution in [0.5, 0.6) is 0 Å². The van der Waals surface area contributed by atoms with Crippen molar-refractivity contribution in [1.82, 2.24) is 24.4 Å². The zero-order chi connectivity index (χ0) is 19.3. The van der Waals surface area contributed by atoms with E-state index in [0.717, 1.165) is 55.8 Å². The van der Waals surface area contributed by atoms with E-state index in [0.29, 0.717) is 11.7 Å². The Kier molecular flexibility index (Phi) is 4.58. The van der Waals surface area contributed by atoms with E-state index < -0.39 is 0 Å². The van der Waals surface area contributed by atoms with E-state index >= 15 is 0 Å². The third-order valence-electron chi connectivity index (χ3n) is 5.93. The van der Waals surface area contributed by atoms with E-state index in [4.69, 9.17) is 4.98 Å². The molecule has 2 aromatic heterocycles. The van der Waals surface area contributed by atoms with Gasteiger partial charge in [-0.05, 0) is 33.1 Å². The maximum absolute atomic E-state index is 13.0. The van der Waals surface area contributed by atoms with Crippen LogP contribution in [0.1, 0.15) is 63.5 Å². The summed E-state index contributed by atoms with van der Waals surface area (Å²) in [5, 5.41) is 3.25. The van der Waals surface area contributed by atoms with Crippen LogP contribution < -0.4 is 5.56 Å². The van der Waals surface area contributed by atoms with E-state index in [-0.39, 0.29) is 23.4 Å². The molecular weight excluding hydrogens is 342 g/mol. The molecule has 1 atom stereocenters. The number of likely N-dealkylation sites (tertiary alicyclic amines) is 1. The fraction of sp³-hybridized carbons (Fsp3) is 0.650. The molecular formula is C20H29N5O2. The second-order valence-electron chi connectivity index (χ2n) is 8.41. The summed E-state index contributed by atoms with van der Waals surface area (Å²) in [5.74, 6) is 0.147. The molecule has 1 amide bonds. The fourth-order valence-corrected chi connectivity index (χ4v) is 4.33. The summed E-state index contributed by atoms with van der Waals surface area (Å²) in [6, 6.07) is 2.39. The van der Waals surface area contributed by atoms with Crippen LogP contribution in [0.4, 0.5) is 0 Å². The van der Waals surface area contributed by atoms with Gasteiger partial charge in [0.15, 0.2) is 5.65 Å². The molecule has 0 spiro atoms. The third kappa shape index (κ3) is 3.08. The second-order valence-corrected chi connectivity index (χ2v) is 8.41. The fourth-order valence-electron chi connectivity index (χ4n) is 4.33. The molecule has 7 nitrogen and oxygen atoms in total. The Balaban J connectivity index is 1.72. The Morgan fingerprint density at radius 2 is 2.04 bits per heavy atom. The van der Waals surface area contributed by atoms with Crippen LogP contribution in [0.25, 0.3) is 5.65 Å². The Hall–Kier alpha value is -2.15. The molecule has 2 aliphatic heterocycles. The zero-order valence-corrected chi connectivity index (χ0v) is 16.7. The SMILES string of the molecule is CC(C)C(=O)N1CCC[C@@H]1c1cc2nc3c(c(=O)n2[nH]1)CCN(C(C)C)C3. The summed E-state index contributed by atoms with van der Waals surface area (Å²) in [4.78, 5) is 34.6. The van der Waals surface area contributed by atoms with Gasteiger partial charge in [-0.1, -0.05) is 13.8 Å². The number of carbonyl (C=O) groups excluding carboxylic acids is 1. The van der Waals surface area contributed by atoms with Gasteiger partial charge in [0.2, 0.25) is 5.91 Å². The number of aromatic amines is 1. The number of fused-ring (bicyclic) bond motifs is 2. The number of aromatic nitrogens is 3. The van der Waals surface area contributed by atoms with Crippen LogP contribution in [0, 0.1) is 5.92 Å². The molecule has 1 fully saturated rings. The number of amides is 1. The molecule has 2 aliphatic rings. The van der Waals surface area contributed by atoms with Gasteiger partial charge < -0.3 is 4.90 Å². The molecule has 146 valence electrons. The van der Waals surface area contributed by atoms with Crippen LogP contribution >= 0.6 is 0 Å². The summed E-state index contributed by atoms with van der Waals surface area (Å²) in [6.07, 6.45) is 2.64. The van der Waals surface area contributed by atoms with E-state index in [2.05, 4.69) is 23.8 Å². The first-order valence-electron chi connectivity index (χ1n) is 10.0. The van der Waals surface area contributed by atoms with Gasteiger partial charge in [-0.2, -0.15) is 0 Å². The minimum absolute atomic E-state index is 0.00406. The van der Waals surface area contributed by atoms with Gasteiger partial charge in [-0.25, -0.2) is 9.50 Å². The standard InChI is InChI=1S/C20H29N5O2/c1-12(2)19(26)24-8-5-6-17(24)15-10-18-21-16-11-23(13(3)4)9-7-14(16)20(27)25(18)22-15/h10,12-13,17,22H,5-9,11H2,1-4H3/t17-/m1/s1. The van der Waals surface area contributed by atoms with Crippen LogP contribution in [0.15, 0.2) is 10.9 Å². The van der Waals surface area contributed by atoms with Crippen molar-refractivity contribution in [1.29, 1.82) is 0 Å². The smallest absolute Gasteiger partial charge is 0.276 e. The molecule has 0 aromatic carbocycles. The molecule has 0 bridgehead atoms. The first kappa shape index (κ1) is 18.2. The van der Waals surface area contributed by atoms with E-state index in [1.54, 1.807) is 4.52 Å². The number of H-pyrrole nitrogens is 1. The monoisotopic (exact) mass is 371 g/mol. The van der Waals surface area contributed by atoms with Crippen molar-refractivity contribution in [2.75, 3.05) is 13.1 Å². The maximum atomic E-state index is 13.0. The van der Waals surface area contributed by atoms with E-state index in [1.807, 2.05) is 24.8 Å². The molecule has 0 unspecified atom stereocenters. The molecule has 4 rings (SSSR count). The lowest BCUT2D eigenvalue weighted by Crippen LogP contribution is -2.39. The zero-order valence-electron chi connectivity index (χ0n) is 16.7. The van der Waals surface area contributed by atoms with Crippen LogP contribution in [-0.4, -0.2) is 49.4 Å². The highest BCUT2D eigenvalue weighted by atomic mass is 16.2. The molecule has 1 saturated heterocycles. The number of nitrogens with zero attached hydrogens (tertiary/aromatic N) is 4. The molecule has 0 radical (unpaired) electrons. The highest BCUT2D eigenvalue weighted by Gasteiger charge is 2.33. The lowest BCUT2D eigenvalue weighted by Gasteiger charge is -2.30. The van der Waals surface area contributed by atoms with Crippen LogP contribution in [0.3, 0.4) is 0 Å². The number of nitrogens with one attached hydrogen (secondary N) is 1. The largest absolute Gasteiger partial charge is 0.334 e. The highest BCUT2D eigenvalue weighted by Crippen LogP contribution is 2.32. The minimum Gasteiger partial charge on any atom is -0.334 e. The van der Waals surface area contributed by atoms with Gasteiger partial charge in [0.1, 0.15) is 0 Å². The molecule has 27 heavy (non-hydrogen) atoms. The Morgan fingerprint density at radius 3 is 2.74 bits per heavy atom. The average Bonchev–Trinajstić information content (AvgIpc) is 3.27. The molecule has 4 heterocycles. The highest BCUT2D eigenvalue weighted by molar-refractivity contribution is 5.78. The first-order valence-corrected chi connectivity index (χ1v) is 10.0. The Morgan fingerprint density at radius 1 is 1.26 bits per heavy atom. The van der Waals surface area contributed by atoms with Crippen molar-refractivity contribution in [2.24, 2.45) is 5.92 Å². The quantitative estimate of drug-likeness (QED) is 0.897. The average molecular weight is 371 g/mol. The molecule has 0 aliphatic carbocycles. The van der Waals surface area contributed by atoms with Crippen molar-refractivity contribution in [3.8, 4) is 0 Å². The van der Waals surface area contributed by atoms with Crippen LogP contribution in [0.2, 0.25) is 0 Å². The Bertz CT molecular complexity index is 926. The van der Waals surface area contributed by atoms with Crippen molar-refractivity contribution < 1.29 is 4.79 Å².